The van der Waals surface area contributed by atoms with Gasteiger partial charge < -0.3 is 5.32 Å². The Kier molecular flexibility index (Phi) is 4.27. The van der Waals surface area contributed by atoms with Crippen molar-refractivity contribution in [2.75, 3.05) is 13.1 Å². The standard InChI is InChI=1S/C17H28N4/c1-3-17(4-2)13-20-16(8-5-6-9-16)14-21(17)12-15-18-10-7-11-19-15/h7,10-11,20H,3-6,8-9,12-14H2,1-2H3. The smallest absolute Gasteiger partial charge is 0.142 e. The number of hydrogen-bond acceptors (Lipinski definition) is 4. The second-order valence-electron chi connectivity index (χ2n) is 6.79. The van der Waals surface area contributed by atoms with E-state index >= 15 is 0 Å². The van der Waals surface area contributed by atoms with Gasteiger partial charge in [-0.2, -0.15) is 0 Å². The van der Waals surface area contributed by atoms with Crippen molar-refractivity contribution in [3.63, 3.8) is 0 Å². The van der Waals surface area contributed by atoms with Crippen LogP contribution in [0.2, 0.25) is 0 Å². The number of piperazine rings is 1. The molecular weight excluding hydrogens is 260 g/mol. The summed E-state index contributed by atoms with van der Waals surface area (Å²) >= 11 is 0. The van der Waals surface area contributed by atoms with Crippen molar-refractivity contribution in [3.8, 4) is 0 Å². The lowest BCUT2D eigenvalue weighted by Gasteiger charge is -2.53. The molecule has 4 nitrogen and oxygen atoms in total. The fraction of sp³-hybridized carbons (Fsp3) is 0.765. The number of aromatic nitrogens is 2. The quantitative estimate of drug-likeness (QED) is 0.925. The van der Waals surface area contributed by atoms with Crippen LogP contribution in [-0.2, 0) is 6.54 Å². The van der Waals surface area contributed by atoms with Crippen molar-refractivity contribution in [1.82, 2.24) is 20.2 Å². The molecule has 0 radical (unpaired) electrons. The highest BCUT2D eigenvalue weighted by Crippen LogP contribution is 2.38. The third kappa shape index (κ3) is 2.84. The predicted octanol–water partition coefficient (Wildman–Crippen LogP) is 2.75. The van der Waals surface area contributed by atoms with Gasteiger partial charge in [-0.3, -0.25) is 4.90 Å². The van der Waals surface area contributed by atoms with E-state index in [-0.39, 0.29) is 5.54 Å². The highest BCUT2D eigenvalue weighted by Gasteiger charge is 2.46. The average molecular weight is 288 g/mol. The summed E-state index contributed by atoms with van der Waals surface area (Å²) in [4.78, 5) is 11.6. The van der Waals surface area contributed by atoms with Gasteiger partial charge in [-0.05, 0) is 31.7 Å². The van der Waals surface area contributed by atoms with E-state index in [2.05, 4.69) is 34.0 Å². The van der Waals surface area contributed by atoms with Crippen molar-refractivity contribution in [2.45, 2.75) is 70.0 Å². The van der Waals surface area contributed by atoms with Crippen molar-refractivity contribution >= 4 is 0 Å². The summed E-state index contributed by atoms with van der Waals surface area (Å²) in [5, 5.41) is 3.92. The molecule has 116 valence electrons. The topological polar surface area (TPSA) is 41.0 Å². The zero-order valence-electron chi connectivity index (χ0n) is 13.4. The number of rotatable bonds is 4. The lowest BCUT2D eigenvalue weighted by Crippen LogP contribution is -2.68. The highest BCUT2D eigenvalue weighted by molar-refractivity contribution is 5.07. The molecule has 1 aliphatic heterocycles. The lowest BCUT2D eigenvalue weighted by atomic mass is 9.82. The van der Waals surface area contributed by atoms with Crippen molar-refractivity contribution in [1.29, 1.82) is 0 Å². The largest absolute Gasteiger partial charge is 0.308 e. The summed E-state index contributed by atoms with van der Waals surface area (Å²) in [5.41, 5.74) is 0.607. The highest BCUT2D eigenvalue weighted by atomic mass is 15.3. The van der Waals surface area contributed by atoms with E-state index in [9.17, 15) is 0 Å². The van der Waals surface area contributed by atoms with Crippen LogP contribution in [0.4, 0.5) is 0 Å². The van der Waals surface area contributed by atoms with Crippen LogP contribution >= 0.6 is 0 Å². The van der Waals surface area contributed by atoms with Crippen LogP contribution < -0.4 is 5.32 Å². The molecule has 1 spiro atoms. The van der Waals surface area contributed by atoms with E-state index in [0.717, 1.165) is 25.5 Å². The average Bonchev–Trinajstić information content (AvgIpc) is 2.98. The van der Waals surface area contributed by atoms with Gasteiger partial charge in [0.25, 0.3) is 0 Å². The molecule has 2 aliphatic rings. The lowest BCUT2D eigenvalue weighted by molar-refractivity contribution is -0.00821. The first-order valence-electron chi connectivity index (χ1n) is 8.48. The second-order valence-corrected chi connectivity index (χ2v) is 6.79. The molecule has 1 saturated heterocycles. The number of hydrogen-bond donors (Lipinski definition) is 1. The Balaban J connectivity index is 1.82. The summed E-state index contributed by atoms with van der Waals surface area (Å²) in [6, 6.07) is 1.90. The molecular formula is C17H28N4. The summed E-state index contributed by atoms with van der Waals surface area (Å²) < 4.78 is 0. The summed E-state index contributed by atoms with van der Waals surface area (Å²) in [7, 11) is 0. The normalized spacial score (nSPS) is 24.5. The maximum atomic E-state index is 4.45. The van der Waals surface area contributed by atoms with Crippen LogP contribution in [0.15, 0.2) is 18.5 Å². The molecule has 1 N–H and O–H groups in total. The Labute approximate surface area is 128 Å². The molecule has 3 rings (SSSR count). The minimum Gasteiger partial charge on any atom is -0.308 e. The van der Waals surface area contributed by atoms with Gasteiger partial charge in [0.15, 0.2) is 0 Å². The van der Waals surface area contributed by atoms with E-state index < -0.39 is 0 Å². The van der Waals surface area contributed by atoms with E-state index in [1.807, 2.05) is 18.5 Å². The first kappa shape index (κ1) is 14.9. The Bertz CT molecular complexity index is 449. The van der Waals surface area contributed by atoms with Gasteiger partial charge in [-0.15, -0.1) is 0 Å². The van der Waals surface area contributed by atoms with Gasteiger partial charge in [0, 0.05) is 36.6 Å². The SMILES string of the molecule is CCC1(CC)CNC2(CCCC2)CN1Cc1ncccn1. The zero-order chi connectivity index (χ0) is 14.8. The van der Waals surface area contributed by atoms with Gasteiger partial charge in [0.2, 0.25) is 0 Å². The van der Waals surface area contributed by atoms with E-state index in [0.29, 0.717) is 5.54 Å². The van der Waals surface area contributed by atoms with Crippen LogP contribution in [0.1, 0.15) is 58.2 Å². The Morgan fingerprint density at radius 1 is 1.14 bits per heavy atom. The molecule has 21 heavy (non-hydrogen) atoms. The van der Waals surface area contributed by atoms with Gasteiger partial charge in [0.05, 0.1) is 6.54 Å². The molecule has 1 aromatic heterocycles. The van der Waals surface area contributed by atoms with Crippen molar-refractivity contribution < 1.29 is 0 Å². The molecule has 2 heterocycles. The molecule has 2 fully saturated rings. The van der Waals surface area contributed by atoms with Crippen LogP contribution in [0.3, 0.4) is 0 Å². The zero-order valence-corrected chi connectivity index (χ0v) is 13.4. The molecule has 1 aliphatic carbocycles. The molecule has 1 aromatic rings. The van der Waals surface area contributed by atoms with Crippen LogP contribution in [-0.4, -0.2) is 39.0 Å². The summed E-state index contributed by atoms with van der Waals surface area (Å²) in [6.45, 7) is 7.76. The summed E-state index contributed by atoms with van der Waals surface area (Å²) in [6.07, 6.45) is 11.5. The Morgan fingerprint density at radius 3 is 2.43 bits per heavy atom. The van der Waals surface area contributed by atoms with Crippen LogP contribution in [0.25, 0.3) is 0 Å². The van der Waals surface area contributed by atoms with Crippen LogP contribution in [0.5, 0.6) is 0 Å². The molecule has 4 heteroatoms. The molecule has 0 atom stereocenters. The maximum absolute atomic E-state index is 4.45. The fourth-order valence-corrected chi connectivity index (χ4v) is 4.19. The van der Waals surface area contributed by atoms with E-state index in [1.165, 1.54) is 38.5 Å². The van der Waals surface area contributed by atoms with Gasteiger partial charge in [-0.1, -0.05) is 26.7 Å². The second kappa shape index (κ2) is 6.01. The van der Waals surface area contributed by atoms with Crippen molar-refractivity contribution in [2.24, 2.45) is 0 Å². The van der Waals surface area contributed by atoms with Gasteiger partial charge in [0.1, 0.15) is 5.82 Å². The monoisotopic (exact) mass is 288 g/mol. The van der Waals surface area contributed by atoms with E-state index in [1.54, 1.807) is 0 Å². The third-order valence-electron chi connectivity index (χ3n) is 5.79. The maximum Gasteiger partial charge on any atom is 0.142 e. The van der Waals surface area contributed by atoms with Gasteiger partial charge in [-0.25, -0.2) is 9.97 Å². The Morgan fingerprint density at radius 2 is 1.81 bits per heavy atom. The van der Waals surface area contributed by atoms with Gasteiger partial charge >= 0.3 is 0 Å². The molecule has 0 unspecified atom stereocenters. The first-order chi connectivity index (χ1) is 10.2. The Hall–Kier alpha value is -1.00. The first-order valence-corrected chi connectivity index (χ1v) is 8.48. The summed E-state index contributed by atoms with van der Waals surface area (Å²) in [5.74, 6) is 0.957. The van der Waals surface area contributed by atoms with Crippen LogP contribution in [0, 0.1) is 0 Å². The minimum atomic E-state index is 0.257. The molecule has 0 amide bonds. The predicted molar refractivity (Wildman–Crippen MR) is 85.0 cm³/mol. The van der Waals surface area contributed by atoms with Crippen molar-refractivity contribution in [3.05, 3.63) is 24.3 Å². The fourth-order valence-electron chi connectivity index (χ4n) is 4.19. The number of nitrogens with zero attached hydrogens (tertiary/aromatic N) is 3. The number of nitrogens with one attached hydrogen (secondary N) is 1. The minimum absolute atomic E-state index is 0.257. The third-order valence-corrected chi connectivity index (χ3v) is 5.79. The van der Waals surface area contributed by atoms with E-state index in [4.69, 9.17) is 0 Å². The molecule has 0 aromatic carbocycles. The molecule has 1 saturated carbocycles. The molecule has 0 bridgehead atoms.